The summed E-state index contributed by atoms with van der Waals surface area (Å²) in [6, 6.07) is 8.29. The molecule has 7 heteroatoms. The third-order valence-electron chi connectivity index (χ3n) is 3.12. The van der Waals surface area contributed by atoms with Crippen molar-refractivity contribution in [1.29, 1.82) is 0 Å². The fraction of sp³-hybridized carbons (Fsp3) is 0.250. The topological polar surface area (TPSA) is 62.6 Å². The molecule has 1 N–H and O–H groups in total. The number of amides is 2. The van der Waals surface area contributed by atoms with Crippen molar-refractivity contribution in [3.8, 4) is 0 Å². The second-order valence-electron chi connectivity index (χ2n) is 4.86. The Kier molecular flexibility index (Phi) is 6.07. The van der Waals surface area contributed by atoms with E-state index in [-0.39, 0.29) is 24.9 Å². The molecule has 1 heterocycles. The van der Waals surface area contributed by atoms with Crippen molar-refractivity contribution in [3.05, 3.63) is 52.4 Å². The number of hydrogen-bond acceptors (Lipinski definition) is 3. The molecule has 1 aromatic heterocycles. The normalized spacial score (nSPS) is 10.4. The first kappa shape index (κ1) is 17.4. The van der Waals surface area contributed by atoms with Crippen LogP contribution >= 0.6 is 23.2 Å². The zero-order valence-corrected chi connectivity index (χ0v) is 14.0. The highest BCUT2D eigenvalue weighted by Gasteiger charge is 2.17. The van der Waals surface area contributed by atoms with Crippen LogP contribution in [-0.2, 0) is 16.1 Å². The maximum Gasteiger partial charge on any atom is 0.244 e. The highest BCUT2D eigenvalue weighted by atomic mass is 35.5. The Labute approximate surface area is 144 Å². The van der Waals surface area contributed by atoms with E-state index in [1.54, 1.807) is 37.3 Å². The van der Waals surface area contributed by atoms with Crippen molar-refractivity contribution in [2.24, 2.45) is 0 Å². The van der Waals surface area contributed by atoms with E-state index in [0.29, 0.717) is 27.9 Å². The van der Waals surface area contributed by atoms with Gasteiger partial charge >= 0.3 is 0 Å². The predicted octanol–water partition coefficient (Wildman–Crippen LogP) is 3.96. The van der Waals surface area contributed by atoms with Crippen LogP contribution in [0.4, 0.5) is 5.69 Å². The number of carbonyl (C=O) groups excluding carboxylic acids is 2. The summed E-state index contributed by atoms with van der Waals surface area (Å²) in [7, 11) is 0. The lowest BCUT2D eigenvalue weighted by molar-refractivity contribution is -0.135. The van der Waals surface area contributed by atoms with E-state index in [4.69, 9.17) is 27.6 Å². The van der Waals surface area contributed by atoms with Gasteiger partial charge in [-0.25, -0.2) is 0 Å². The molecular formula is C16H16Cl2N2O3. The first-order valence-corrected chi connectivity index (χ1v) is 7.80. The minimum absolute atomic E-state index is 0.0758. The van der Waals surface area contributed by atoms with Crippen LogP contribution in [0.5, 0.6) is 0 Å². The van der Waals surface area contributed by atoms with E-state index >= 15 is 0 Å². The van der Waals surface area contributed by atoms with Crippen LogP contribution in [0.3, 0.4) is 0 Å². The van der Waals surface area contributed by atoms with Gasteiger partial charge in [-0.3, -0.25) is 9.59 Å². The van der Waals surface area contributed by atoms with Gasteiger partial charge in [0.2, 0.25) is 11.8 Å². The van der Waals surface area contributed by atoms with Crippen molar-refractivity contribution in [2.45, 2.75) is 19.9 Å². The van der Waals surface area contributed by atoms with Gasteiger partial charge in [-0.15, -0.1) is 0 Å². The molecule has 23 heavy (non-hydrogen) atoms. The molecule has 0 aliphatic heterocycles. The van der Waals surface area contributed by atoms with Crippen molar-refractivity contribution in [2.75, 3.05) is 11.9 Å². The van der Waals surface area contributed by atoms with Crippen molar-refractivity contribution >= 4 is 40.7 Å². The molecule has 2 amide bonds. The molecule has 0 spiro atoms. The lowest BCUT2D eigenvalue weighted by Gasteiger charge is -2.20. The highest BCUT2D eigenvalue weighted by Crippen LogP contribution is 2.25. The Balaban J connectivity index is 2.01. The van der Waals surface area contributed by atoms with Gasteiger partial charge in [-0.1, -0.05) is 30.1 Å². The quantitative estimate of drug-likeness (QED) is 0.853. The molecule has 0 bridgehead atoms. The van der Waals surface area contributed by atoms with Crippen LogP contribution in [0, 0.1) is 0 Å². The molecule has 1 aromatic carbocycles. The third kappa shape index (κ3) is 5.01. The van der Waals surface area contributed by atoms with Gasteiger partial charge in [-0.2, -0.15) is 0 Å². The lowest BCUT2D eigenvalue weighted by Crippen LogP contribution is -2.37. The Morgan fingerprint density at radius 2 is 2.00 bits per heavy atom. The summed E-state index contributed by atoms with van der Waals surface area (Å²) in [6.45, 7) is 1.91. The van der Waals surface area contributed by atoms with E-state index < -0.39 is 0 Å². The molecule has 2 aromatic rings. The fourth-order valence-corrected chi connectivity index (χ4v) is 2.29. The van der Waals surface area contributed by atoms with Crippen LogP contribution in [0.25, 0.3) is 0 Å². The molecular weight excluding hydrogens is 339 g/mol. The number of nitrogens with zero attached hydrogens (tertiary/aromatic N) is 1. The van der Waals surface area contributed by atoms with Gasteiger partial charge in [0.15, 0.2) is 0 Å². The zero-order chi connectivity index (χ0) is 16.8. The second kappa shape index (κ2) is 8.04. The molecule has 5 nitrogen and oxygen atoms in total. The van der Waals surface area contributed by atoms with Crippen molar-refractivity contribution < 1.29 is 14.0 Å². The van der Waals surface area contributed by atoms with Crippen LogP contribution < -0.4 is 5.32 Å². The summed E-state index contributed by atoms with van der Waals surface area (Å²) in [4.78, 5) is 25.6. The number of hydrogen-bond donors (Lipinski definition) is 1. The zero-order valence-electron chi connectivity index (χ0n) is 12.5. The van der Waals surface area contributed by atoms with Gasteiger partial charge in [0, 0.05) is 12.1 Å². The average Bonchev–Trinajstić information content (AvgIpc) is 3.02. The number of rotatable bonds is 6. The Bertz CT molecular complexity index is 687. The number of carbonyl (C=O) groups is 2. The summed E-state index contributed by atoms with van der Waals surface area (Å²) in [6.07, 6.45) is 1.83. The molecule has 0 fully saturated rings. The lowest BCUT2D eigenvalue weighted by atomic mass is 10.3. The first-order chi connectivity index (χ1) is 11.0. The van der Waals surface area contributed by atoms with E-state index in [9.17, 15) is 9.59 Å². The summed E-state index contributed by atoms with van der Waals surface area (Å²) in [5, 5.41) is 3.45. The predicted molar refractivity (Wildman–Crippen MR) is 89.5 cm³/mol. The molecule has 122 valence electrons. The Morgan fingerprint density at radius 3 is 2.61 bits per heavy atom. The minimum Gasteiger partial charge on any atom is -0.467 e. The largest absolute Gasteiger partial charge is 0.467 e. The molecule has 0 saturated heterocycles. The van der Waals surface area contributed by atoms with Gasteiger partial charge in [0.1, 0.15) is 12.3 Å². The molecule has 2 rings (SSSR count). The highest BCUT2D eigenvalue weighted by molar-refractivity contribution is 6.42. The van der Waals surface area contributed by atoms with E-state index in [1.165, 1.54) is 11.2 Å². The summed E-state index contributed by atoms with van der Waals surface area (Å²) in [5.41, 5.74) is 0.520. The Hall–Kier alpha value is -1.98. The second-order valence-corrected chi connectivity index (χ2v) is 5.67. The number of anilines is 1. The summed E-state index contributed by atoms with van der Waals surface area (Å²) < 4.78 is 5.23. The van der Waals surface area contributed by atoms with E-state index in [1.807, 2.05) is 0 Å². The number of nitrogens with one attached hydrogen (secondary N) is 1. The first-order valence-electron chi connectivity index (χ1n) is 7.04. The molecule has 0 atom stereocenters. The molecule has 0 aliphatic rings. The average molecular weight is 355 g/mol. The molecule has 0 unspecified atom stereocenters. The van der Waals surface area contributed by atoms with Crippen molar-refractivity contribution in [1.82, 2.24) is 4.90 Å². The summed E-state index contributed by atoms with van der Waals surface area (Å²) in [5.74, 6) is 0.163. The maximum absolute atomic E-state index is 12.2. The smallest absolute Gasteiger partial charge is 0.244 e. The summed E-state index contributed by atoms with van der Waals surface area (Å²) >= 11 is 11.7. The van der Waals surface area contributed by atoms with Gasteiger partial charge in [-0.05, 0) is 30.3 Å². The van der Waals surface area contributed by atoms with E-state index in [0.717, 1.165) is 0 Å². The molecule has 0 radical (unpaired) electrons. The molecule has 0 aliphatic carbocycles. The van der Waals surface area contributed by atoms with Gasteiger partial charge < -0.3 is 14.6 Å². The minimum atomic E-state index is -0.322. The third-order valence-corrected chi connectivity index (χ3v) is 3.86. The molecule has 0 saturated carbocycles. The van der Waals surface area contributed by atoms with E-state index in [2.05, 4.69) is 5.32 Å². The van der Waals surface area contributed by atoms with Gasteiger partial charge in [0.05, 0.1) is 22.9 Å². The standard InChI is InChI=1S/C16H16Cl2N2O3/c1-2-16(22)20(9-12-4-3-7-23-12)10-15(21)19-11-5-6-13(17)14(18)8-11/h3-8H,2,9-10H2,1H3,(H,19,21). The SMILES string of the molecule is CCC(=O)N(CC(=O)Nc1ccc(Cl)c(Cl)c1)Cc1ccco1. The van der Waals surface area contributed by atoms with Crippen LogP contribution in [-0.4, -0.2) is 23.3 Å². The number of benzene rings is 1. The fourth-order valence-electron chi connectivity index (χ4n) is 1.99. The van der Waals surface area contributed by atoms with Crippen molar-refractivity contribution in [3.63, 3.8) is 0 Å². The number of halogens is 2. The van der Waals surface area contributed by atoms with Crippen LogP contribution in [0.1, 0.15) is 19.1 Å². The Morgan fingerprint density at radius 1 is 1.22 bits per heavy atom. The number of furan rings is 1. The van der Waals surface area contributed by atoms with Gasteiger partial charge in [0.25, 0.3) is 0 Å². The maximum atomic E-state index is 12.2. The van der Waals surface area contributed by atoms with Crippen LogP contribution in [0.15, 0.2) is 41.0 Å². The monoisotopic (exact) mass is 354 g/mol. The van der Waals surface area contributed by atoms with Crippen LogP contribution in [0.2, 0.25) is 10.0 Å².